The Labute approximate surface area is 286 Å². The van der Waals surface area contributed by atoms with Gasteiger partial charge >= 0.3 is 0 Å². The van der Waals surface area contributed by atoms with E-state index in [2.05, 4.69) is 61.2 Å². The van der Waals surface area contributed by atoms with E-state index in [1.54, 1.807) is 18.3 Å². The number of likely N-dealkylation sites (tertiary alicyclic amines) is 1. The van der Waals surface area contributed by atoms with E-state index in [4.69, 9.17) is 15.0 Å². The molecule has 0 bridgehead atoms. The number of amides is 1. The Morgan fingerprint density at radius 1 is 0.979 bits per heavy atom. The number of aromatic nitrogens is 3. The number of thiazole rings is 1. The molecule has 0 unspecified atom stereocenters. The first kappa shape index (κ1) is 32.2. The molecule has 8 nitrogen and oxygen atoms in total. The van der Waals surface area contributed by atoms with E-state index in [9.17, 15) is 9.59 Å². The van der Waals surface area contributed by atoms with Gasteiger partial charge < -0.3 is 9.80 Å². The first-order valence-electron chi connectivity index (χ1n) is 16.7. The summed E-state index contributed by atoms with van der Waals surface area (Å²) < 4.78 is 0. The van der Waals surface area contributed by atoms with E-state index in [0.29, 0.717) is 26.1 Å². The van der Waals surface area contributed by atoms with Gasteiger partial charge in [-0.3, -0.25) is 24.5 Å². The van der Waals surface area contributed by atoms with Gasteiger partial charge in [0.1, 0.15) is 10.8 Å². The molecule has 0 N–H and O–H groups in total. The summed E-state index contributed by atoms with van der Waals surface area (Å²) in [6.45, 7) is 10.3. The third-order valence-corrected chi connectivity index (χ3v) is 11.0. The molecule has 0 radical (unpaired) electrons. The molecule has 0 saturated carbocycles. The largest absolute Gasteiger partial charge is 0.330 e. The summed E-state index contributed by atoms with van der Waals surface area (Å²) in [6.07, 6.45) is 5.50. The average molecular weight is 659 g/mol. The summed E-state index contributed by atoms with van der Waals surface area (Å²) in [5.74, 6) is 0.587. The number of Topliss-reactive ketones (excluding diaryl/α,β-unsaturated/α-hetero) is 1. The number of fused-ring (bicyclic) bond motifs is 2. The van der Waals surface area contributed by atoms with Crippen molar-refractivity contribution in [2.75, 3.05) is 33.7 Å². The van der Waals surface area contributed by atoms with Gasteiger partial charge in [0.2, 0.25) is 5.91 Å². The number of benzene rings is 2. The number of pyridine rings is 2. The highest BCUT2D eigenvalue weighted by molar-refractivity contribution is 7.15. The van der Waals surface area contributed by atoms with Crippen molar-refractivity contribution in [2.45, 2.75) is 53.2 Å². The number of hydrogen-bond acceptors (Lipinski definition) is 8. The zero-order valence-corrected chi connectivity index (χ0v) is 29.2. The third kappa shape index (κ3) is 6.42. The summed E-state index contributed by atoms with van der Waals surface area (Å²) in [7, 11) is 3.84. The summed E-state index contributed by atoms with van der Waals surface area (Å²) in [5, 5.41) is 2.11. The maximum atomic E-state index is 12.6. The molecule has 0 spiro atoms. The van der Waals surface area contributed by atoms with Crippen molar-refractivity contribution in [2.24, 2.45) is 5.92 Å². The van der Waals surface area contributed by atoms with Gasteiger partial charge in [-0.05, 0) is 93.3 Å². The van der Waals surface area contributed by atoms with Crippen LogP contribution in [0.5, 0.6) is 0 Å². The van der Waals surface area contributed by atoms with E-state index in [1.165, 1.54) is 32.7 Å². The molecular formula is C39H42N6O2S. The summed E-state index contributed by atoms with van der Waals surface area (Å²) in [4.78, 5) is 46.5. The molecule has 3 aromatic heterocycles. The molecular weight excluding hydrogens is 617 g/mol. The summed E-state index contributed by atoms with van der Waals surface area (Å²) >= 11 is 1.70. The Bertz CT molecular complexity index is 2010. The highest BCUT2D eigenvalue weighted by Gasteiger charge is 2.28. The fourth-order valence-electron chi connectivity index (χ4n) is 7.16. The lowest BCUT2D eigenvalue weighted by Gasteiger charge is -2.18. The van der Waals surface area contributed by atoms with E-state index < -0.39 is 0 Å². The lowest BCUT2D eigenvalue weighted by Crippen LogP contribution is -2.34. The Morgan fingerprint density at radius 3 is 2.50 bits per heavy atom. The van der Waals surface area contributed by atoms with Gasteiger partial charge in [0.05, 0.1) is 36.5 Å². The van der Waals surface area contributed by atoms with Crippen molar-refractivity contribution in [1.29, 1.82) is 0 Å². The van der Waals surface area contributed by atoms with Crippen molar-refractivity contribution >= 4 is 33.9 Å². The van der Waals surface area contributed by atoms with Gasteiger partial charge in [0, 0.05) is 53.6 Å². The van der Waals surface area contributed by atoms with Gasteiger partial charge in [0.15, 0.2) is 0 Å². The highest BCUT2D eigenvalue weighted by atomic mass is 32.1. The molecule has 246 valence electrons. The number of ketones is 1. The Hall–Kier alpha value is -4.31. The second kappa shape index (κ2) is 13.3. The van der Waals surface area contributed by atoms with Crippen molar-refractivity contribution in [3.05, 3.63) is 99.4 Å². The standard InChI is InChI=1S/C39H42N6O2S/c1-24-28(17-34-38-29(12-14-40-34)16-27(18-41-38)19-44-15-13-30(20-44)26(3)46)8-6-9-31(24)32-10-7-11-33(25(32)2)39-42-35-21-45(22-36(35)48-39)37(47)23-43(4)5/h6-12,14,16,18,30H,13,15,17,19-23H2,1-5H3/t30-/m1/s1. The number of carbonyl (C=O) groups is 2. The zero-order valence-electron chi connectivity index (χ0n) is 28.4. The number of likely N-dealkylation sites (N-methyl/N-ethyl adjacent to an activating group) is 1. The molecule has 5 aromatic rings. The maximum Gasteiger partial charge on any atom is 0.237 e. The number of rotatable bonds is 9. The highest BCUT2D eigenvalue weighted by Crippen LogP contribution is 2.39. The molecule has 2 aliphatic rings. The van der Waals surface area contributed by atoms with Crippen LogP contribution in [0.3, 0.4) is 0 Å². The smallest absolute Gasteiger partial charge is 0.237 e. The van der Waals surface area contributed by atoms with Crippen LogP contribution in [0, 0.1) is 19.8 Å². The topological polar surface area (TPSA) is 82.5 Å². The lowest BCUT2D eigenvalue weighted by molar-refractivity contribution is -0.132. The van der Waals surface area contributed by atoms with Crippen LogP contribution in [-0.2, 0) is 35.6 Å². The zero-order chi connectivity index (χ0) is 33.5. The van der Waals surface area contributed by atoms with E-state index >= 15 is 0 Å². The second-order valence-electron chi connectivity index (χ2n) is 13.6. The van der Waals surface area contributed by atoms with Gasteiger partial charge in [-0.25, -0.2) is 4.98 Å². The van der Waals surface area contributed by atoms with Crippen LogP contribution < -0.4 is 0 Å². The Kier molecular flexibility index (Phi) is 8.94. The molecule has 5 heterocycles. The molecule has 7 rings (SSSR count). The Morgan fingerprint density at radius 2 is 1.75 bits per heavy atom. The predicted octanol–water partition coefficient (Wildman–Crippen LogP) is 6.44. The van der Waals surface area contributed by atoms with Crippen LogP contribution in [0.4, 0.5) is 0 Å². The minimum Gasteiger partial charge on any atom is -0.330 e. The van der Waals surface area contributed by atoms with Crippen molar-refractivity contribution in [1.82, 2.24) is 29.7 Å². The van der Waals surface area contributed by atoms with Crippen molar-refractivity contribution in [3.8, 4) is 21.7 Å². The third-order valence-electron chi connectivity index (χ3n) is 9.90. The molecule has 1 atom stereocenters. The average Bonchev–Trinajstić information content (AvgIpc) is 3.78. The molecule has 1 amide bonds. The lowest BCUT2D eigenvalue weighted by atomic mass is 9.90. The van der Waals surface area contributed by atoms with Crippen LogP contribution in [0.2, 0.25) is 0 Å². The van der Waals surface area contributed by atoms with E-state index in [0.717, 1.165) is 64.5 Å². The monoisotopic (exact) mass is 658 g/mol. The molecule has 1 saturated heterocycles. The molecule has 48 heavy (non-hydrogen) atoms. The summed E-state index contributed by atoms with van der Waals surface area (Å²) in [5.41, 5.74) is 11.3. The molecule has 9 heteroatoms. The summed E-state index contributed by atoms with van der Waals surface area (Å²) in [6, 6.07) is 17.3. The van der Waals surface area contributed by atoms with Gasteiger partial charge in [-0.1, -0.05) is 36.4 Å². The van der Waals surface area contributed by atoms with Gasteiger partial charge in [-0.2, -0.15) is 0 Å². The van der Waals surface area contributed by atoms with E-state index in [1.807, 2.05) is 42.4 Å². The molecule has 1 fully saturated rings. The first-order chi connectivity index (χ1) is 23.1. The Balaban J connectivity index is 1.11. The number of nitrogens with zero attached hydrogens (tertiary/aromatic N) is 6. The maximum absolute atomic E-state index is 12.6. The van der Waals surface area contributed by atoms with Crippen LogP contribution in [0.15, 0.2) is 60.9 Å². The normalized spacial score (nSPS) is 16.3. The fraction of sp³-hybridized carbons (Fsp3) is 0.359. The molecule has 0 aliphatic carbocycles. The SMILES string of the molecule is CC(=O)[C@@H]1CCN(Cc2cnc3c(Cc4cccc(-c5cccc(-c6nc7c(s6)CN(C(=O)CN(C)C)C7)c5C)c4C)nccc3c2)C1. The van der Waals surface area contributed by atoms with Crippen LogP contribution >= 0.6 is 11.3 Å². The fourth-order valence-corrected chi connectivity index (χ4v) is 8.32. The van der Waals surface area contributed by atoms with Crippen molar-refractivity contribution < 1.29 is 9.59 Å². The molecule has 2 aliphatic heterocycles. The van der Waals surface area contributed by atoms with E-state index in [-0.39, 0.29) is 17.6 Å². The van der Waals surface area contributed by atoms with Crippen LogP contribution in [0.1, 0.15) is 51.9 Å². The van der Waals surface area contributed by atoms with Gasteiger partial charge in [0.25, 0.3) is 0 Å². The van der Waals surface area contributed by atoms with Gasteiger partial charge in [-0.15, -0.1) is 11.3 Å². The predicted molar refractivity (Wildman–Crippen MR) is 192 cm³/mol. The van der Waals surface area contributed by atoms with Crippen LogP contribution in [-0.4, -0.2) is 75.1 Å². The molecule has 2 aromatic carbocycles. The quantitative estimate of drug-likeness (QED) is 0.180. The number of hydrogen-bond donors (Lipinski definition) is 0. The van der Waals surface area contributed by atoms with Crippen LogP contribution in [0.25, 0.3) is 32.6 Å². The van der Waals surface area contributed by atoms with Crippen molar-refractivity contribution in [3.63, 3.8) is 0 Å². The second-order valence-corrected chi connectivity index (χ2v) is 14.7. The number of carbonyl (C=O) groups excluding carboxylic acids is 2. The minimum atomic E-state index is 0.141. The first-order valence-corrected chi connectivity index (χ1v) is 17.5. The minimum absolute atomic E-state index is 0.141.